The van der Waals surface area contributed by atoms with Gasteiger partial charge in [-0.25, -0.2) is 4.79 Å². The lowest BCUT2D eigenvalue weighted by Gasteiger charge is -2.43. The van der Waals surface area contributed by atoms with Gasteiger partial charge in [0.05, 0.1) is 7.11 Å². The smallest absolute Gasteiger partial charge is 0.408 e. The summed E-state index contributed by atoms with van der Waals surface area (Å²) in [5, 5.41) is 5.20. The van der Waals surface area contributed by atoms with Crippen LogP contribution in [0.2, 0.25) is 0 Å². The average molecular weight is 476 g/mol. The number of rotatable bonds is 8. The molecule has 9 nitrogen and oxygen atoms in total. The van der Waals surface area contributed by atoms with E-state index in [1.807, 2.05) is 32.0 Å². The van der Waals surface area contributed by atoms with Gasteiger partial charge in [-0.15, -0.1) is 0 Å². The largest absolute Gasteiger partial charge is 0.468 e. The number of nitrogens with one attached hydrogen (secondary N) is 2. The third kappa shape index (κ3) is 6.95. The van der Waals surface area contributed by atoms with Crippen molar-refractivity contribution in [3.63, 3.8) is 0 Å². The summed E-state index contributed by atoms with van der Waals surface area (Å²) in [5.41, 5.74) is 1.82. The van der Waals surface area contributed by atoms with Crippen LogP contribution in [0.25, 0.3) is 0 Å². The summed E-state index contributed by atoms with van der Waals surface area (Å²) < 4.78 is 9.94. The maximum Gasteiger partial charge on any atom is 0.408 e. The first-order valence-electron chi connectivity index (χ1n) is 11.6. The number of hydrogen-bond acceptors (Lipinski definition) is 6. The second-order valence-corrected chi connectivity index (χ2v) is 9.68. The summed E-state index contributed by atoms with van der Waals surface area (Å²) >= 11 is 0. The van der Waals surface area contributed by atoms with Crippen LogP contribution in [-0.2, 0) is 23.9 Å². The first-order chi connectivity index (χ1) is 15.9. The van der Waals surface area contributed by atoms with Crippen molar-refractivity contribution >= 4 is 23.9 Å². The zero-order chi connectivity index (χ0) is 25.6. The molecule has 34 heavy (non-hydrogen) atoms. The minimum absolute atomic E-state index is 0.163. The number of amides is 3. The summed E-state index contributed by atoms with van der Waals surface area (Å²) in [6, 6.07) is 3.54. The van der Waals surface area contributed by atoms with Gasteiger partial charge < -0.3 is 25.0 Å². The Hall–Kier alpha value is -3.10. The number of aryl methyl sites for hydroxylation is 1. The van der Waals surface area contributed by atoms with Crippen molar-refractivity contribution in [2.45, 2.75) is 84.5 Å². The van der Waals surface area contributed by atoms with E-state index in [9.17, 15) is 19.2 Å². The molecule has 2 unspecified atom stereocenters. The van der Waals surface area contributed by atoms with Crippen molar-refractivity contribution in [3.8, 4) is 0 Å². The number of carbonyl (C=O) groups excluding carboxylic acids is 4. The van der Waals surface area contributed by atoms with E-state index in [4.69, 9.17) is 4.74 Å². The summed E-state index contributed by atoms with van der Waals surface area (Å²) in [6.45, 7) is 10.3. The molecule has 1 aliphatic carbocycles. The van der Waals surface area contributed by atoms with Crippen molar-refractivity contribution in [2.75, 3.05) is 13.7 Å². The van der Waals surface area contributed by atoms with E-state index in [0.717, 1.165) is 30.4 Å². The highest BCUT2D eigenvalue weighted by Gasteiger charge is 2.41. The van der Waals surface area contributed by atoms with Crippen LogP contribution >= 0.6 is 0 Å². The second kappa shape index (κ2) is 11.4. The molecule has 2 atom stereocenters. The van der Waals surface area contributed by atoms with Gasteiger partial charge in [0, 0.05) is 6.04 Å². The number of benzene rings is 1. The molecule has 1 fully saturated rings. The maximum absolute atomic E-state index is 13.7. The van der Waals surface area contributed by atoms with Crippen LogP contribution in [0.1, 0.15) is 69.7 Å². The van der Waals surface area contributed by atoms with E-state index in [1.54, 1.807) is 32.6 Å². The lowest BCUT2D eigenvalue weighted by atomic mass is 9.87. The average Bonchev–Trinajstić information content (AvgIpc) is 2.70. The molecule has 0 aliphatic heterocycles. The van der Waals surface area contributed by atoms with E-state index < -0.39 is 41.6 Å². The van der Waals surface area contributed by atoms with E-state index in [1.165, 1.54) is 7.11 Å². The Bertz CT molecular complexity index is 920. The summed E-state index contributed by atoms with van der Waals surface area (Å²) in [5.74, 6) is -1.46. The number of carbonyl (C=O) groups is 4. The highest BCUT2D eigenvalue weighted by atomic mass is 16.6. The molecule has 2 rings (SSSR count). The molecule has 0 spiro atoms. The van der Waals surface area contributed by atoms with Crippen molar-refractivity contribution in [1.82, 2.24) is 15.5 Å². The van der Waals surface area contributed by atoms with Gasteiger partial charge in [0.2, 0.25) is 11.8 Å². The first-order valence-corrected chi connectivity index (χ1v) is 11.6. The number of ether oxygens (including phenoxy) is 2. The van der Waals surface area contributed by atoms with Crippen LogP contribution in [0.15, 0.2) is 18.2 Å². The molecular weight excluding hydrogens is 438 g/mol. The quantitative estimate of drug-likeness (QED) is 0.559. The summed E-state index contributed by atoms with van der Waals surface area (Å²) in [7, 11) is 1.24. The molecule has 3 amide bonds. The van der Waals surface area contributed by atoms with E-state index in [2.05, 4.69) is 15.4 Å². The Kier molecular flexibility index (Phi) is 9.06. The predicted molar refractivity (Wildman–Crippen MR) is 127 cm³/mol. The topological polar surface area (TPSA) is 114 Å². The highest BCUT2D eigenvalue weighted by Crippen LogP contribution is 2.35. The van der Waals surface area contributed by atoms with Crippen LogP contribution in [0.3, 0.4) is 0 Å². The van der Waals surface area contributed by atoms with Crippen molar-refractivity contribution in [2.24, 2.45) is 0 Å². The summed E-state index contributed by atoms with van der Waals surface area (Å²) in [4.78, 5) is 52.6. The van der Waals surface area contributed by atoms with Gasteiger partial charge in [-0.1, -0.05) is 18.2 Å². The fourth-order valence-corrected chi connectivity index (χ4v) is 3.77. The van der Waals surface area contributed by atoms with E-state index in [0.29, 0.717) is 5.56 Å². The molecule has 9 heteroatoms. The number of hydrogen-bond donors (Lipinski definition) is 2. The zero-order valence-electron chi connectivity index (χ0n) is 21.2. The van der Waals surface area contributed by atoms with E-state index in [-0.39, 0.29) is 12.6 Å². The van der Waals surface area contributed by atoms with Crippen molar-refractivity contribution in [3.05, 3.63) is 34.9 Å². The lowest BCUT2D eigenvalue weighted by Crippen LogP contribution is -2.57. The predicted octanol–water partition coefficient (Wildman–Crippen LogP) is 2.93. The molecule has 1 aliphatic rings. The van der Waals surface area contributed by atoms with Crippen molar-refractivity contribution < 1.29 is 28.7 Å². The molecule has 0 heterocycles. The third-order valence-electron chi connectivity index (χ3n) is 5.93. The van der Waals surface area contributed by atoms with Crippen molar-refractivity contribution in [1.29, 1.82) is 0 Å². The molecule has 1 aromatic carbocycles. The Morgan fingerprint density at radius 1 is 1.15 bits per heavy atom. The van der Waals surface area contributed by atoms with Gasteiger partial charge in [0.15, 0.2) is 0 Å². The number of methoxy groups -OCH3 is 1. The normalized spacial score (nSPS) is 15.4. The van der Waals surface area contributed by atoms with Gasteiger partial charge in [-0.05, 0) is 77.5 Å². The van der Waals surface area contributed by atoms with Gasteiger partial charge in [-0.2, -0.15) is 0 Å². The molecule has 0 bridgehead atoms. The number of nitrogens with zero attached hydrogens (tertiary/aromatic N) is 1. The molecule has 188 valence electrons. The van der Waals surface area contributed by atoms with Crippen LogP contribution in [-0.4, -0.2) is 60.1 Å². The zero-order valence-corrected chi connectivity index (χ0v) is 21.2. The molecule has 0 saturated heterocycles. The summed E-state index contributed by atoms with van der Waals surface area (Å²) in [6.07, 6.45) is 1.72. The fraction of sp³-hybridized carbons (Fsp3) is 0.600. The van der Waals surface area contributed by atoms with Crippen LogP contribution in [0.4, 0.5) is 4.79 Å². The Labute approximate surface area is 201 Å². The van der Waals surface area contributed by atoms with Crippen LogP contribution in [0.5, 0.6) is 0 Å². The molecule has 1 aromatic rings. The monoisotopic (exact) mass is 475 g/mol. The van der Waals surface area contributed by atoms with Gasteiger partial charge in [0.1, 0.15) is 24.2 Å². The lowest BCUT2D eigenvalue weighted by molar-refractivity contribution is -0.148. The highest BCUT2D eigenvalue weighted by molar-refractivity contribution is 5.93. The van der Waals surface area contributed by atoms with Gasteiger partial charge in [0.25, 0.3) is 0 Å². The van der Waals surface area contributed by atoms with Crippen LogP contribution < -0.4 is 10.6 Å². The molecule has 0 aromatic heterocycles. The Morgan fingerprint density at radius 3 is 2.32 bits per heavy atom. The minimum Gasteiger partial charge on any atom is -0.468 e. The molecular formula is C25H37N3O6. The van der Waals surface area contributed by atoms with Gasteiger partial charge >= 0.3 is 12.1 Å². The third-order valence-corrected chi connectivity index (χ3v) is 5.93. The number of alkyl carbamates (subject to hydrolysis) is 1. The SMILES string of the molecule is COC(=O)CNC(=O)C(c1cccc(C)c1C)N(C(=O)C(C)NC(=O)OC(C)(C)C)C1CCC1. The number of esters is 1. The standard InChI is InChI=1S/C25H37N3O6/c1-15-10-8-13-19(16(15)2)21(22(30)26-14-20(29)33-7)28(18-11-9-12-18)23(31)17(3)27-24(32)34-25(4,5)6/h8,10,13,17-18,21H,9,11-12,14H2,1-7H3,(H,26,30)(H,27,32). The minimum atomic E-state index is -0.967. The molecule has 1 saturated carbocycles. The maximum atomic E-state index is 13.7. The van der Waals surface area contributed by atoms with Gasteiger partial charge in [-0.3, -0.25) is 14.4 Å². The molecule has 2 N–H and O–H groups in total. The fourth-order valence-electron chi connectivity index (χ4n) is 3.77. The first kappa shape index (κ1) is 27.1. The second-order valence-electron chi connectivity index (χ2n) is 9.68. The molecule has 0 radical (unpaired) electrons. The van der Waals surface area contributed by atoms with Crippen LogP contribution in [0, 0.1) is 13.8 Å². The van der Waals surface area contributed by atoms with E-state index >= 15 is 0 Å². The Morgan fingerprint density at radius 2 is 1.79 bits per heavy atom. The Balaban J connectivity index is 2.42.